The summed E-state index contributed by atoms with van der Waals surface area (Å²) < 4.78 is 10.7. The first-order chi connectivity index (χ1) is 16.4. The van der Waals surface area contributed by atoms with Crippen LogP contribution in [-0.4, -0.2) is 43.2 Å². The van der Waals surface area contributed by atoms with Crippen LogP contribution in [0.2, 0.25) is 0 Å². The molecule has 4 rings (SSSR count). The van der Waals surface area contributed by atoms with Crippen LogP contribution in [0.3, 0.4) is 0 Å². The fourth-order valence-corrected chi connectivity index (χ4v) is 4.44. The Balaban J connectivity index is 1.37. The third-order valence-corrected chi connectivity index (χ3v) is 6.40. The van der Waals surface area contributed by atoms with Gasteiger partial charge in [0.1, 0.15) is 5.75 Å². The van der Waals surface area contributed by atoms with Crippen molar-refractivity contribution in [2.75, 3.05) is 31.6 Å². The van der Waals surface area contributed by atoms with E-state index in [4.69, 9.17) is 9.47 Å². The monoisotopic (exact) mass is 463 g/mol. The molecule has 0 unspecified atom stereocenters. The third kappa shape index (κ3) is 5.53. The number of piperidine rings is 1. The van der Waals surface area contributed by atoms with E-state index < -0.39 is 0 Å². The van der Waals surface area contributed by atoms with E-state index in [1.807, 2.05) is 38.1 Å². The number of benzene rings is 2. The summed E-state index contributed by atoms with van der Waals surface area (Å²) in [6.07, 6.45) is 2.18. The number of likely N-dealkylation sites (tertiary alicyclic amines) is 1. The number of ether oxygens (including phenoxy) is 2. The highest BCUT2D eigenvalue weighted by molar-refractivity contribution is 5.93. The molecule has 7 nitrogen and oxygen atoms in total. The van der Waals surface area contributed by atoms with Gasteiger partial charge in [-0.1, -0.05) is 30.3 Å². The van der Waals surface area contributed by atoms with Crippen LogP contribution in [0.5, 0.6) is 5.75 Å². The molecule has 0 radical (unpaired) electrons. The number of esters is 1. The second-order valence-electron chi connectivity index (χ2n) is 8.87. The van der Waals surface area contributed by atoms with E-state index in [0.717, 1.165) is 41.2 Å². The molecule has 1 fully saturated rings. The van der Waals surface area contributed by atoms with Crippen molar-refractivity contribution < 1.29 is 19.1 Å². The van der Waals surface area contributed by atoms with Crippen molar-refractivity contribution in [2.45, 2.75) is 39.7 Å². The third-order valence-electron chi connectivity index (χ3n) is 6.40. The Labute approximate surface area is 201 Å². The van der Waals surface area contributed by atoms with Gasteiger partial charge in [-0.05, 0) is 56.0 Å². The van der Waals surface area contributed by atoms with Crippen LogP contribution in [-0.2, 0) is 22.5 Å². The van der Waals surface area contributed by atoms with Gasteiger partial charge in [-0.3, -0.25) is 4.79 Å². The highest BCUT2D eigenvalue weighted by Crippen LogP contribution is 2.27. The number of nitrogens with zero attached hydrogens (tertiary/aromatic N) is 1. The highest BCUT2D eigenvalue weighted by atomic mass is 16.5. The van der Waals surface area contributed by atoms with Gasteiger partial charge in [0.2, 0.25) is 0 Å². The molecule has 2 aromatic rings. The van der Waals surface area contributed by atoms with Gasteiger partial charge >= 0.3 is 12.0 Å². The number of amides is 2. The normalized spacial score (nSPS) is 15.3. The highest BCUT2D eigenvalue weighted by Gasteiger charge is 2.28. The predicted octanol–water partition coefficient (Wildman–Crippen LogP) is 4.50. The Morgan fingerprint density at radius 1 is 1.18 bits per heavy atom. The number of rotatable bonds is 7. The van der Waals surface area contributed by atoms with Gasteiger partial charge < -0.3 is 25.0 Å². The Morgan fingerprint density at radius 2 is 1.97 bits per heavy atom. The molecule has 34 heavy (non-hydrogen) atoms. The summed E-state index contributed by atoms with van der Waals surface area (Å²) in [5, 5.41) is 6.45. The minimum Gasteiger partial charge on any atom is -0.493 e. The number of hydrogen-bond acceptors (Lipinski definition) is 5. The van der Waals surface area contributed by atoms with Gasteiger partial charge in [0.05, 0.1) is 24.8 Å². The molecule has 0 aromatic heterocycles. The van der Waals surface area contributed by atoms with Gasteiger partial charge in [-0.25, -0.2) is 4.79 Å². The van der Waals surface area contributed by atoms with Crippen LogP contribution in [0.25, 0.3) is 5.70 Å². The average Bonchev–Trinajstić information content (AvgIpc) is 3.32. The van der Waals surface area contributed by atoms with Crippen molar-refractivity contribution in [3.63, 3.8) is 0 Å². The fraction of sp³-hybridized carbons (Fsp3) is 0.407. The van der Waals surface area contributed by atoms with E-state index in [9.17, 15) is 9.59 Å². The number of hydrogen-bond donors (Lipinski definition) is 2. The number of urea groups is 1. The van der Waals surface area contributed by atoms with Crippen LogP contribution in [0.15, 0.2) is 43.0 Å². The largest absolute Gasteiger partial charge is 0.493 e. The molecule has 0 atom stereocenters. The molecular weight excluding hydrogens is 430 g/mol. The van der Waals surface area contributed by atoms with E-state index in [1.165, 1.54) is 5.56 Å². The van der Waals surface area contributed by atoms with E-state index in [0.29, 0.717) is 44.8 Å². The van der Waals surface area contributed by atoms with Crippen molar-refractivity contribution >= 4 is 23.4 Å². The minimum atomic E-state index is -0.168. The van der Waals surface area contributed by atoms with Crippen LogP contribution in [0.1, 0.15) is 42.0 Å². The first-order valence-corrected chi connectivity index (χ1v) is 12.0. The molecule has 0 spiro atoms. The summed E-state index contributed by atoms with van der Waals surface area (Å²) in [5.74, 6) is 0.674. The molecule has 2 N–H and O–H groups in total. The molecule has 180 valence electrons. The zero-order valence-corrected chi connectivity index (χ0v) is 20.0. The predicted molar refractivity (Wildman–Crippen MR) is 133 cm³/mol. The van der Waals surface area contributed by atoms with Gasteiger partial charge in [0.25, 0.3) is 0 Å². The number of aryl methyl sites for hydroxylation is 1. The molecule has 2 aliphatic rings. The standard InChI is InChI=1S/C27H33N3O4/c1-4-33-26(31)21-9-12-30(13-10-21)27(32)29-24-7-5-18(2)15-23(24)19(3)28-17-20-6-8-25-22(16-20)11-14-34-25/h5-8,15-16,21,28H,3-4,9-14,17H2,1-2H3,(H,29,32). The maximum atomic E-state index is 13.0. The van der Waals surface area contributed by atoms with Crippen LogP contribution in [0, 0.1) is 12.8 Å². The maximum Gasteiger partial charge on any atom is 0.321 e. The molecule has 7 heteroatoms. The van der Waals surface area contributed by atoms with Gasteiger partial charge in [-0.2, -0.15) is 0 Å². The Morgan fingerprint density at radius 3 is 2.74 bits per heavy atom. The Kier molecular flexibility index (Phi) is 7.40. The molecule has 1 saturated heterocycles. The van der Waals surface area contributed by atoms with Crippen LogP contribution in [0.4, 0.5) is 10.5 Å². The quantitative estimate of drug-likeness (QED) is 0.591. The lowest BCUT2D eigenvalue weighted by molar-refractivity contribution is -0.149. The Hall–Kier alpha value is -3.48. The Bertz CT molecular complexity index is 1070. The van der Waals surface area contributed by atoms with Crippen molar-refractivity contribution in [1.82, 2.24) is 10.2 Å². The number of fused-ring (bicyclic) bond motifs is 1. The van der Waals surface area contributed by atoms with Crippen molar-refractivity contribution in [3.8, 4) is 5.75 Å². The van der Waals surface area contributed by atoms with Crippen LogP contribution < -0.4 is 15.4 Å². The lowest BCUT2D eigenvalue weighted by Crippen LogP contribution is -2.42. The summed E-state index contributed by atoms with van der Waals surface area (Å²) in [4.78, 5) is 26.7. The molecule has 0 saturated carbocycles. The first-order valence-electron chi connectivity index (χ1n) is 12.0. The zero-order valence-electron chi connectivity index (χ0n) is 20.0. The molecule has 2 heterocycles. The second-order valence-corrected chi connectivity index (χ2v) is 8.87. The average molecular weight is 464 g/mol. The van der Waals surface area contributed by atoms with Gasteiger partial charge in [-0.15, -0.1) is 0 Å². The molecule has 2 amide bonds. The van der Waals surface area contributed by atoms with E-state index in [2.05, 4.69) is 29.3 Å². The SMILES string of the molecule is C=C(NCc1ccc2c(c1)CCO2)c1cc(C)ccc1NC(=O)N1CCC(C(=O)OCC)CC1. The van der Waals surface area contributed by atoms with Crippen molar-refractivity contribution in [2.24, 2.45) is 5.92 Å². The summed E-state index contributed by atoms with van der Waals surface area (Å²) in [6, 6.07) is 12.0. The molecule has 2 aliphatic heterocycles. The summed E-state index contributed by atoms with van der Waals surface area (Å²) in [6.45, 7) is 10.9. The van der Waals surface area contributed by atoms with Gasteiger partial charge in [0.15, 0.2) is 0 Å². The molecule has 0 aliphatic carbocycles. The molecule has 2 aromatic carbocycles. The lowest BCUT2D eigenvalue weighted by Gasteiger charge is -2.31. The lowest BCUT2D eigenvalue weighted by atomic mass is 9.97. The maximum absolute atomic E-state index is 13.0. The number of carbonyl (C=O) groups is 2. The zero-order chi connectivity index (χ0) is 24.1. The van der Waals surface area contributed by atoms with Gasteiger partial charge in [0, 0.05) is 37.3 Å². The smallest absolute Gasteiger partial charge is 0.321 e. The van der Waals surface area contributed by atoms with Crippen molar-refractivity contribution in [3.05, 3.63) is 65.2 Å². The fourth-order valence-electron chi connectivity index (χ4n) is 4.44. The van der Waals surface area contributed by atoms with E-state index in [-0.39, 0.29) is 17.9 Å². The molecular formula is C27H33N3O4. The molecule has 0 bridgehead atoms. The summed E-state index contributed by atoms with van der Waals surface area (Å²) in [7, 11) is 0. The van der Waals surface area contributed by atoms with Crippen molar-refractivity contribution in [1.29, 1.82) is 0 Å². The number of carbonyl (C=O) groups excluding carboxylic acids is 2. The first kappa shape index (κ1) is 23.7. The number of anilines is 1. The number of nitrogens with one attached hydrogen (secondary N) is 2. The van der Waals surface area contributed by atoms with E-state index >= 15 is 0 Å². The summed E-state index contributed by atoms with van der Waals surface area (Å²) >= 11 is 0. The topological polar surface area (TPSA) is 79.9 Å². The minimum absolute atomic E-state index is 0.131. The second kappa shape index (κ2) is 10.6. The summed E-state index contributed by atoms with van der Waals surface area (Å²) in [5.41, 5.74) is 5.80. The van der Waals surface area contributed by atoms with Crippen LogP contribution >= 0.6 is 0 Å². The van der Waals surface area contributed by atoms with E-state index in [1.54, 1.807) is 4.90 Å².